The summed E-state index contributed by atoms with van der Waals surface area (Å²) in [4.78, 5) is 7.22. The van der Waals surface area contributed by atoms with Gasteiger partial charge >= 0.3 is 0 Å². The monoisotopic (exact) mass is 409 g/mol. The van der Waals surface area contributed by atoms with E-state index in [0.29, 0.717) is 5.92 Å². The van der Waals surface area contributed by atoms with Crippen molar-refractivity contribution in [2.45, 2.75) is 52.6 Å². The number of piperidine rings is 1. The lowest BCUT2D eigenvalue weighted by Gasteiger charge is -2.37. The topological polar surface area (TPSA) is 47.9 Å². The van der Waals surface area contributed by atoms with Crippen molar-refractivity contribution < 1.29 is 5.11 Å². The summed E-state index contributed by atoms with van der Waals surface area (Å²) in [5, 5.41) is 13.3. The Balaban J connectivity index is 0.00000220. The Labute approximate surface area is 146 Å². The molecule has 1 heterocycles. The van der Waals surface area contributed by atoms with Gasteiger partial charge in [0.15, 0.2) is 5.96 Å². The molecule has 0 aromatic heterocycles. The van der Waals surface area contributed by atoms with Crippen LogP contribution < -0.4 is 5.32 Å². The van der Waals surface area contributed by atoms with Gasteiger partial charge in [0.1, 0.15) is 0 Å². The van der Waals surface area contributed by atoms with E-state index in [-0.39, 0.29) is 30.1 Å². The lowest BCUT2D eigenvalue weighted by Crippen LogP contribution is -2.48. The molecule has 0 bridgehead atoms. The van der Waals surface area contributed by atoms with Crippen molar-refractivity contribution in [3.05, 3.63) is 0 Å². The van der Waals surface area contributed by atoms with Gasteiger partial charge in [0, 0.05) is 32.1 Å². The molecule has 0 aromatic carbocycles. The average Bonchev–Trinajstić information content (AvgIpc) is 2.79. The second-order valence-electron chi connectivity index (χ2n) is 6.80. The second-order valence-corrected chi connectivity index (χ2v) is 6.80. The summed E-state index contributed by atoms with van der Waals surface area (Å²) in [5.41, 5.74) is 0. The van der Waals surface area contributed by atoms with Crippen molar-refractivity contribution in [3.63, 3.8) is 0 Å². The Morgan fingerprint density at radius 1 is 1.24 bits per heavy atom. The lowest BCUT2D eigenvalue weighted by atomic mass is 9.92. The first-order valence-corrected chi connectivity index (χ1v) is 8.31. The predicted molar refractivity (Wildman–Crippen MR) is 99.3 cm³/mol. The molecule has 2 aliphatic rings. The van der Waals surface area contributed by atoms with Gasteiger partial charge in [-0.2, -0.15) is 0 Å². The summed E-state index contributed by atoms with van der Waals surface area (Å²) >= 11 is 0. The molecule has 5 heteroatoms. The van der Waals surface area contributed by atoms with Gasteiger partial charge < -0.3 is 15.3 Å². The third-order valence-electron chi connectivity index (χ3n) is 4.60. The minimum absolute atomic E-state index is 0. The van der Waals surface area contributed by atoms with Crippen LogP contribution in [0.15, 0.2) is 4.99 Å². The molecule has 4 unspecified atom stereocenters. The molecule has 0 radical (unpaired) electrons. The Morgan fingerprint density at radius 2 is 1.90 bits per heavy atom. The van der Waals surface area contributed by atoms with E-state index < -0.39 is 0 Å². The predicted octanol–water partition coefficient (Wildman–Crippen LogP) is 2.71. The molecule has 1 saturated carbocycles. The van der Waals surface area contributed by atoms with Gasteiger partial charge in [-0.1, -0.05) is 20.3 Å². The number of nitrogens with one attached hydrogen (secondary N) is 1. The van der Waals surface area contributed by atoms with Crippen molar-refractivity contribution in [2.75, 3.05) is 26.2 Å². The number of aliphatic hydroxyl groups excluding tert-OH is 1. The van der Waals surface area contributed by atoms with Crippen LogP contribution in [0.2, 0.25) is 0 Å². The zero-order chi connectivity index (χ0) is 14.5. The number of rotatable bonds is 3. The molecule has 4 atom stereocenters. The highest BCUT2D eigenvalue weighted by Crippen LogP contribution is 2.26. The van der Waals surface area contributed by atoms with E-state index in [2.05, 4.69) is 31.0 Å². The van der Waals surface area contributed by atoms with Crippen LogP contribution in [0.1, 0.15) is 46.5 Å². The fourth-order valence-corrected chi connectivity index (χ4v) is 3.70. The van der Waals surface area contributed by atoms with Crippen LogP contribution in [-0.2, 0) is 0 Å². The lowest BCUT2D eigenvalue weighted by molar-refractivity contribution is 0.136. The molecule has 1 saturated heterocycles. The number of aliphatic hydroxyl groups is 1. The number of hydrogen-bond acceptors (Lipinski definition) is 2. The number of guanidine groups is 1. The van der Waals surface area contributed by atoms with E-state index in [1.54, 1.807) is 0 Å². The third kappa shape index (κ3) is 5.58. The fourth-order valence-electron chi connectivity index (χ4n) is 3.70. The SMILES string of the molecule is CCNC(=NCC1CCCC1O)N1CC(C)CC(C)C1.I. The maximum Gasteiger partial charge on any atom is 0.193 e. The van der Waals surface area contributed by atoms with Crippen LogP contribution >= 0.6 is 24.0 Å². The van der Waals surface area contributed by atoms with Crippen molar-refractivity contribution in [3.8, 4) is 0 Å². The quantitative estimate of drug-likeness (QED) is 0.428. The molecule has 0 amide bonds. The molecule has 2 fully saturated rings. The van der Waals surface area contributed by atoms with E-state index in [9.17, 15) is 5.11 Å². The van der Waals surface area contributed by atoms with E-state index in [1.165, 1.54) is 6.42 Å². The van der Waals surface area contributed by atoms with Crippen LogP contribution in [-0.4, -0.2) is 48.2 Å². The number of nitrogens with zero attached hydrogens (tertiary/aromatic N) is 2. The fraction of sp³-hybridized carbons (Fsp3) is 0.938. The van der Waals surface area contributed by atoms with Gasteiger partial charge in [0.2, 0.25) is 0 Å². The van der Waals surface area contributed by atoms with Crippen molar-refractivity contribution in [1.82, 2.24) is 10.2 Å². The molecule has 0 aromatic rings. The number of aliphatic imine (C=N–C) groups is 1. The highest BCUT2D eigenvalue weighted by Gasteiger charge is 2.27. The van der Waals surface area contributed by atoms with Crippen molar-refractivity contribution in [2.24, 2.45) is 22.7 Å². The second kappa shape index (κ2) is 9.18. The van der Waals surface area contributed by atoms with Gasteiger partial charge in [-0.05, 0) is 38.0 Å². The number of halogens is 1. The molecule has 21 heavy (non-hydrogen) atoms. The summed E-state index contributed by atoms with van der Waals surface area (Å²) in [6.07, 6.45) is 4.40. The number of hydrogen-bond donors (Lipinski definition) is 2. The molecular formula is C16H32IN3O. The number of likely N-dealkylation sites (tertiary alicyclic amines) is 1. The summed E-state index contributed by atoms with van der Waals surface area (Å²) in [6.45, 7) is 10.7. The minimum Gasteiger partial charge on any atom is -0.393 e. The standard InChI is InChI=1S/C16H31N3O.HI/c1-4-17-16(18-9-14-6-5-7-15(14)20)19-10-12(2)8-13(3)11-19;/h12-15,20H,4-11H2,1-3H3,(H,17,18);1H. The molecule has 1 aliphatic heterocycles. The molecule has 124 valence electrons. The van der Waals surface area contributed by atoms with Crippen molar-refractivity contribution >= 4 is 29.9 Å². The molecule has 2 rings (SSSR count). The summed E-state index contributed by atoms with van der Waals surface area (Å²) in [5.74, 6) is 2.88. The molecular weight excluding hydrogens is 377 g/mol. The van der Waals surface area contributed by atoms with E-state index >= 15 is 0 Å². The first-order valence-electron chi connectivity index (χ1n) is 8.31. The van der Waals surface area contributed by atoms with Gasteiger partial charge in [-0.15, -0.1) is 24.0 Å². The highest BCUT2D eigenvalue weighted by atomic mass is 127. The zero-order valence-electron chi connectivity index (χ0n) is 13.7. The Kier molecular flexibility index (Phi) is 8.31. The highest BCUT2D eigenvalue weighted by molar-refractivity contribution is 14.0. The van der Waals surface area contributed by atoms with Crippen LogP contribution in [0.25, 0.3) is 0 Å². The van der Waals surface area contributed by atoms with E-state index in [0.717, 1.165) is 63.2 Å². The van der Waals surface area contributed by atoms with Gasteiger partial charge in [0.25, 0.3) is 0 Å². The van der Waals surface area contributed by atoms with Gasteiger partial charge in [-0.3, -0.25) is 4.99 Å². The maximum atomic E-state index is 9.92. The van der Waals surface area contributed by atoms with Crippen LogP contribution in [0.5, 0.6) is 0 Å². The van der Waals surface area contributed by atoms with Crippen LogP contribution in [0, 0.1) is 17.8 Å². The van der Waals surface area contributed by atoms with Gasteiger partial charge in [-0.25, -0.2) is 0 Å². The summed E-state index contributed by atoms with van der Waals surface area (Å²) in [6, 6.07) is 0. The van der Waals surface area contributed by atoms with Crippen molar-refractivity contribution in [1.29, 1.82) is 0 Å². The summed E-state index contributed by atoms with van der Waals surface area (Å²) < 4.78 is 0. The van der Waals surface area contributed by atoms with Crippen LogP contribution in [0.3, 0.4) is 0 Å². The maximum absolute atomic E-state index is 9.92. The summed E-state index contributed by atoms with van der Waals surface area (Å²) in [7, 11) is 0. The Hall–Kier alpha value is -0.0400. The van der Waals surface area contributed by atoms with Gasteiger partial charge in [0.05, 0.1) is 6.10 Å². The average molecular weight is 409 g/mol. The zero-order valence-corrected chi connectivity index (χ0v) is 16.0. The van der Waals surface area contributed by atoms with E-state index in [4.69, 9.17) is 4.99 Å². The molecule has 1 aliphatic carbocycles. The molecule has 0 spiro atoms. The van der Waals surface area contributed by atoms with Crippen LogP contribution in [0.4, 0.5) is 0 Å². The molecule has 4 nitrogen and oxygen atoms in total. The largest absolute Gasteiger partial charge is 0.393 e. The first kappa shape index (κ1) is 19.0. The first-order chi connectivity index (χ1) is 9.60. The normalized spacial score (nSPS) is 33.7. The minimum atomic E-state index is -0.138. The Morgan fingerprint density at radius 3 is 2.43 bits per heavy atom. The van der Waals surface area contributed by atoms with E-state index in [1.807, 2.05) is 0 Å². The third-order valence-corrected chi connectivity index (χ3v) is 4.60. The Bertz CT molecular complexity index is 327. The molecule has 2 N–H and O–H groups in total. The smallest absolute Gasteiger partial charge is 0.193 e.